The number of aliphatic hydroxyl groups excluding tert-OH is 1. The molecule has 0 fully saturated rings. The molecule has 0 spiro atoms. The Morgan fingerprint density at radius 3 is 2.79 bits per heavy atom. The van der Waals surface area contributed by atoms with Crippen molar-refractivity contribution in [3.63, 3.8) is 0 Å². The summed E-state index contributed by atoms with van der Waals surface area (Å²) in [6.45, 7) is 5.57. The number of ketones is 1. The van der Waals surface area contributed by atoms with Crippen LogP contribution in [0.25, 0.3) is 0 Å². The average Bonchev–Trinajstić information content (AvgIpc) is 3.32. The van der Waals surface area contributed by atoms with Crippen molar-refractivity contribution in [1.29, 1.82) is 0 Å². The lowest BCUT2D eigenvalue weighted by molar-refractivity contribution is 0.0607. The fourth-order valence-electron chi connectivity index (χ4n) is 2.93. The van der Waals surface area contributed by atoms with Crippen LogP contribution in [0.5, 0.6) is 5.75 Å². The maximum atomic E-state index is 11.5. The van der Waals surface area contributed by atoms with Crippen LogP contribution in [0, 0.1) is 6.92 Å². The molecule has 1 N–H and O–H groups in total. The van der Waals surface area contributed by atoms with Crippen LogP contribution in [0.3, 0.4) is 0 Å². The van der Waals surface area contributed by atoms with E-state index in [-0.39, 0.29) is 12.4 Å². The lowest BCUT2D eigenvalue weighted by Gasteiger charge is -2.24. The molecular formula is C22H25NO4S. The van der Waals surface area contributed by atoms with Gasteiger partial charge in [-0.15, -0.1) is 11.3 Å². The molecular weight excluding hydrogens is 374 g/mol. The van der Waals surface area contributed by atoms with E-state index in [0.717, 1.165) is 12.3 Å². The molecule has 6 heteroatoms. The topological polar surface area (TPSA) is 62.9 Å². The molecule has 5 nitrogen and oxygen atoms in total. The summed E-state index contributed by atoms with van der Waals surface area (Å²) in [6, 6.07) is 12.9. The van der Waals surface area contributed by atoms with Gasteiger partial charge in [-0.05, 0) is 55.1 Å². The van der Waals surface area contributed by atoms with Crippen molar-refractivity contribution in [2.75, 3.05) is 13.2 Å². The van der Waals surface area contributed by atoms with Crippen molar-refractivity contribution in [3.05, 3.63) is 75.9 Å². The van der Waals surface area contributed by atoms with Gasteiger partial charge in [-0.1, -0.05) is 12.1 Å². The second-order valence-electron chi connectivity index (χ2n) is 6.82. The highest BCUT2D eigenvalue weighted by atomic mass is 32.1. The predicted octanol–water partition coefficient (Wildman–Crippen LogP) is 4.29. The third-order valence-corrected chi connectivity index (χ3v) is 5.45. The number of thiophene rings is 1. The number of hydrogen-bond acceptors (Lipinski definition) is 6. The first-order valence-corrected chi connectivity index (χ1v) is 10.1. The standard InChI is InChI=1S/C22H25NO4S/c1-16-8-10-28-22(16)14-23(13-21-7-4-9-26-21)12-19(25)15-27-20-6-3-5-18(11-20)17(2)24/h3-11,19,25H,12-15H2,1-2H3. The van der Waals surface area contributed by atoms with E-state index in [1.807, 2.05) is 12.1 Å². The smallest absolute Gasteiger partial charge is 0.159 e. The molecule has 1 aromatic carbocycles. The monoisotopic (exact) mass is 399 g/mol. The van der Waals surface area contributed by atoms with E-state index in [1.165, 1.54) is 17.4 Å². The number of hydrogen-bond donors (Lipinski definition) is 1. The Bertz CT molecular complexity index is 888. The lowest BCUT2D eigenvalue weighted by Crippen LogP contribution is -2.35. The van der Waals surface area contributed by atoms with Crippen molar-refractivity contribution in [1.82, 2.24) is 4.90 Å². The molecule has 2 heterocycles. The molecule has 0 saturated heterocycles. The third-order valence-electron chi connectivity index (χ3n) is 4.45. The summed E-state index contributed by atoms with van der Waals surface area (Å²) in [5.41, 5.74) is 1.85. The summed E-state index contributed by atoms with van der Waals surface area (Å²) in [5.74, 6) is 1.43. The quantitative estimate of drug-likeness (QED) is 0.515. The maximum Gasteiger partial charge on any atom is 0.159 e. The normalized spacial score (nSPS) is 12.3. The van der Waals surface area contributed by atoms with Gasteiger partial charge in [-0.2, -0.15) is 0 Å². The molecule has 1 unspecified atom stereocenters. The number of furan rings is 1. The minimum absolute atomic E-state index is 0.0121. The molecule has 1 atom stereocenters. The van der Waals surface area contributed by atoms with Gasteiger partial charge in [0, 0.05) is 23.5 Å². The zero-order valence-electron chi connectivity index (χ0n) is 16.1. The first-order valence-electron chi connectivity index (χ1n) is 9.21. The molecule has 0 aliphatic heterocycles. The van der Waals surface area contributed by atoms with E-state index in [4.69, 9.17) is 9.15 Å². The van der Waals surface area contributed by atoms with Crippen molar-refractivity contribution < 1.29 is 19.1 Å². The number of benzene rings is 1. The van der Waals surface area contributed by atoms with Gasteiger partial charge in [0.1, 0.15) is 24.2 Å². The highest BCUT2D eigenvalue weighted by Gasteiger charge is 2.16. The number of ether oxygens (including phenoxy) is 1. The van der Waals surface area contributed by atoms with E-state index >= 15 is 0 Å². The number of nitrogens with zero attached hydrogens (tertiary/aromatic N) is 1. The van der Waals surface area contributed by atoms with Gasteiger partial charge in [-0.3, -0.25) is 9.69 Å². The Hall–Kier alpha value is -2.41. The summed E-state index contributed by atoms with van der Waals surface area (Å²) in [5, 5.41) is 12.6. The van der Waals surface area contributed by atoms with Crippen LogP contribution in [0.15, 0.2) is 58.5 Å². The van der Waals surface area contributed by atoms with Crippen molar-refractivity contribution in [2.24, 2.45) is 0 Å². The molecule has 0 amide bonds. The summed E-state index contributed by atoms with van der Waals surface area (Å²) in [4.78, 5) is 14.9. The minimum Gasteiger partial charge on any atom is -0.491 e. The van der Waals surface area contributed by atoms with Gasteiger partial charge < -0.3 is 14.3 Å². The zero-order chi connectivity index (χ0) is 19.9. The predicted molar refractivity (Wildman–Crippen MR) is 110 cm³/mol. The van der Waals surface area contributed by atoms with E-state index in [2.05, 4.69) is 23.3 Å². The number of carbonyl (C=O) groups excluding carboxylic acids is 1. The second-order valence-corrected chi connectivity index (χ2v) is 7.83. The van der Waals surface area contributed by atoms with Crippen molar-refractivity contribution in [2.45, 2.75) is 33.0 Å². The number of Topliss-reactive ketones (excluding diaryl/α,β-unsaturated/α-hetero) is 1. The largest absolute Gasteiger partial charge is 0.491 e. The molecule has 0 aliphatic carbocycles. The molecule has 2 aromatic heterocycles. The zero-order valence-corrected chi connectivity index (χ0v) is 16.9. The highest BCUT2D eigenvalue weighted by molar-refractivity contribution is 7.10. The fourth-order valence-corrected chi connectivity index (χ4v) is 3.87. The number of aryl methyl sites for hydroxylation is 1. The van der Waals surface area contributed by atoms with Crippen LogP contribution in [-0.4, -0.2) is 35.0 Å². The Labute approximate surface area is 169 Å². The van der Waals surface area contributed by atoms with Gasteiger partial charge in [0.05, 0.1) is 12.8 Å². The Balaban J connectivity index is 1.60. The molecule has 0 bridgehead atoms. The highest BCUT2D eigenvalue weighted by Crippen LogP contribution is 2.20. The van der Waals surface area contributed by atoms with Crippen molar-refractivity contribution >= 4 is 17.1 Å². The first-order chi connectivity index (χ1) is 13.5. The third kappa shape index (κ3) is 5.79. The maximum absolute atomic E-state index is 11.5. The number of aliphatic hydroxyl groups is 1. The molecule has 3 rings (SSSR count). The number of carbonyl (C=O) groups is 1. The van der Waals surface area contributed by atoms with Crippen molar-refractivity contribution in [3.8, 4) is 5.75 Å². The molecule has 0 aliphatic rings. The van der Waals surface area contributed by atoms with Gasteiger partial charge in [-0.25, -0.2) is 0 Å². The van der Waals surface area contributed by atoms with Gasteiger partial charge >= 0.3 is 0 Å². The van der Waals surface area contributed by atoms with Crippen LogP contribution >= 0.6 is 11.3 Å². The molecule has 28 heavy (non-hydrogen) atoms. The summed E-state index contributed by atoms with van der Waals surface area (Å²) < 4.78 is 11.2. The van der Waals surface area contributed by atoms with E-state index in [0.29, 0.717) is 24.4 Å². The Kier molecular flexibility index (Phi) is 7.03. The SMILES string of the molecule is CC(=O)c1cccc(OCC(O)CN(Cc2ccco2)Cc2sccc2C)c1. The molecule has 0 radical (unpaired) electrons. The molecule has 3 aromatic rings. The van der Waals surface area contributed by atoms with Gasteiger partial charge in [0.2, 0.25) is 0 Å². The first kappa shape index (κ1) is 20.3. The van der Waals surface area contributed by atoms with E-state index in [1.54, 1.807) is 41.9 Å². The van der Waals surface area contributed by atoms with Gasteiger partial charge in [0.15, 0.2) is 5.78 Å². The Morgan fingerprint density at radius 2 is 2.11 bits per heavy atom. The number of rotatable bonds is 10. The van der Waals surface area contributed by atoms with Crippen LogP contribution in [-0.2, 0) is 13.1 Å². The van der Waals surface area contributed by atoms with Gasteiger partial charge in [0.25, 0.3) is 0 Å². The van der Waals surface area contributed by atoms with Crippen LogP contribution in [0.4, 0.5) is 0 Å². The van der Waals surface area contributed by atoms with E-state index in [9.17, 15) is 9.90 Å². The van der Waals surface area contributed by atoms with Crippen LogP contribution in [0.1, 0.15) is 33.5 Å². The minimum atomic E-state index is -0.670. The average molecular weight is 400 g/mol. The summed E-state index contributed by atoms with van der Waals surface area (Å²) in [7, 11) is 0. The molecule has 0 saturated carbocycles. The van der Waals surface area contributed by atoms with E-state index < -0.39 is 6.10 Å². The fraction of sp³-hybridized carbons (Fsp3) is 0.318. The summed E-state index contributed by atoms with van der Waals surface area (Å²) >= 11 is 1.71. The lowest BCUT2D eigenvalue weighted by atomic mass is 10.1. The van der Waals surface area contributed by atoms with Crippen LogP contribution < -0.4 is 4.74 Å². The molecule has 148 valence electrons. The Morgan fingerprint density at radius 1 is 1.25 bits per heavy atom. The summed E-state index contributed by atoms with van der Waals surface area (Å²) in [6.07, 6.45) is 0.988. The second kappa shape index (κ2) is 9.68. The van der Waals surface area contributed by atoms with Crippen LogP contribution in [0.2, 0.25) is 0 Å².